The number of nitrogens with two attached hydrogens (primary N) is 1. The van der Waals surface area contributed by atoms with Crippen LogP contribution in [0.15, 0.2) is 18.2 Å². The molecule has 0 radical (unpaired) electrons. The van der Waals surface area contributed by atoms with Gasteiger partial charge < -0.3 is 5.73 Å². The van der Waals surface area contributed by atoms with Crippen LogP contribution in [0.5, 0.6) is 0 Å². The quantitative estimate of drug-likeness (QED) is 0.836. The van der Waals surface area contributed by atoms with Crippen molar-refractivity contribution in [3.05, 3.63) is 34.9 Å². The average Bonchev–Trinajstić information content (AvgIpc) is 2.19. The van der Waals surface area contributed by atoms with E-state index in [1.165, 1.54) is 16.7 Å². The van der Waals surface area contributed by atoms with E-state index in [1.807, 2.05) is 0 Å². The minimum atomic E-state index is 0. The molecule has 86 valence electrons. The molecule has 0 aromatic heterocycles. The topological polar surface area (TPSA) is 26.0 Å². The molecule has 0 amide bonds. The molecule has 1 rings (SSSR count). The molecular formula is C13H22ClN. The third kappa shape index (κ3) is 3.51. The molecule has 2 atom stereocenters. The number of hydrogen-bond acceptors (Lipinski definition) is 1. The van der Waals surface area contributed by atoms with Gasteiger partial charge in [-0.2, -0.15) is 0 Å². The molecule has 0 saturated carbocycles. The number of aryl methyl sites for hydroxylation is 2. The van der Waals surface area contributed by atoms with Gasteiger partial charge in [-0.25, -0.2) is 0 Å². The highest BCUT2D eigenvalue weighted by Gasteiger charge is 2.14. The molecule has 0 aliphatic rings. The first-order valence-electron chi connectivity index (χ1n) is 5.39. The van der Waals surface area contributed by atoms with Gasteiger partial charge in [-0.15, -0.1) is 12.4 Å². The molecule has 2 N–H and O–H groups in total. The van der Waals surface area contributed by atoms with Crippen LogP contribution >= 0.6 is 12.4 Å². The summed E-state index contributed by atoms with van der Waals surface area (Å²) in [4.78, 5) is 0. The van der Waals surface area contributed by atoms with Crippen molar-refractivity contribution in [2.24, 2.45) is 11.7 Å². The van der Waals surface area contributed by atoms with Gasteiger partial charge in [0.15, 0.2) is 0 Å². The molecule has 1 nitrogen and oxygen atoms in total. The van der Waals surface area contributed by atoms with Crippen LogP contribution < -0.4 is 5.73 Å². The van der Waals surface area contributed by atoms with E-state index in [0.717, 1.165) is 6.42 Å². The first-order valence-corrected chi connectivity index (χ1v) is 5.39. The van der Waals surface area contributed by atoms with E-state index in [2.05, 4.69) is 45.9 Å². The molecule has 0 aliphatic carbocycles. The second kappa shape index (κ2) is 6.14. The Balaban J connectivity index is 0.00000196. The van der Waals surface area contributed by atoms with Gasteiger partial charge in [-0.1, -0.05) is 44.0 Å². The number of benzene rings is 1. The van der Waals surface area contributed by atoms with Crippen LogP contribution in [0.25, 0.3) is 0 Å². The Morgan fingerprint density at radius 1 is 1.27 bits per heavy atom. The lowest BCUT2D eigenvalue weighted by Gasteiger charge is -2.21. The van der Waals surface area contributed by atoms with Gasteiger partial charge in [0.05, 0.1) is 0 Å². The minimum Gasteiger partial charge on any atom is -0.324 e. The molecule has 15 heavy (non-hydrogen) atoms. The van der Waals surface area contributed by atoms with E-state index in [9.17, 15) is 0 Å². The first kappa shape index (κ1) is 14.5. The fraction of sp³-hybridized carbons (Fsp3) is 0.538. The Labute approximate surface area is 99.5 Å². The average molecular weight is 228 g/mol. The van der Waals surface area contributed by atoms with Crippen LogP contribution in [0.4, 0.5) is 0 Å². The van der Waals surface area contributed by atoms with Gasteiger partial charge in [0.25, 0.3) is 0 Å². The van der Waals surface area contributed by atoms with Crippen LogP contribution in [0.1, 0.15) is 43.0 Å². The third-order valence-electron chi connectivity index (χ3n) is 3.05. The molecule has 2 heteroatoms. The summed E-state index contributed by atoms with van der Waals surface area (Å²) in [6.07, 6.45) is 1.13. The lowest BCUT2D eigenvalue weighted by Crippen LogP contribution is -2.19. The molecule has 0 bridgehead atoms. The van der Waals surface area contributed by atoms with Gasteiger partial charge in [0, 0.05) is 6.04 Å². The molecule has 0 saturated heterocycles. The van der Waals surface area contributed by atoms with Crippen LogP contribution in [0.3, 0.4) is 0 Å². The van der Waals surface area contributed by atoms with E-state index < -0.39 is 0 Å². The third-order valence-corrected chi connectivity index (χ3v) is 3.05. The van der Waals surface area contributed by atoms with Gasteiger partial charge in [-0.05, 0) is 30.9 Å². The molecule has 0 spiro atoms. The fourth-order valence-electron chi connectivity index (χ4n) is 1.68. The van der Waals surface area contributed by atoms with Crippen molar-refractivity contribution in [1.82, 2.24) is 0 Å². The highest BCUT2D eigenvalue weighted by atomic mass is 35.5. The second-order valence-electron chi connectivity index (χ2n) is 4.27. The maximum atomic E-state index is 6.22. The van der Waals surface area contributed by atoms with E-state index in [0.29, 0.717) is 5.92 Å². The Morgan fingerprint density at radius 3 is 2.40 bits per heavy atom. The number of rotatable bonds is 3. The van der Waals surface area contributed by atoms with E-state index in [1.54, 1.807) is 0 Å². The summed E-state index contributed by atoms with van der Waals surface area (Å²) >= 11 is 0. The van der Waals surface area contributed by atoms with Crippen LogP contribution in [-0.4, -0.2) is 0 Å². The lowest BCUT2D eigenvalue weighted by atomic mass is 9.90. The molecule has 0 aliphatic heterocycles. The van der Waals surface area contributed by atoms with Gasteiger partial charge in [-0.3, -0.25) is 0 Å². The summed E-state index contributed by atoms with van der Waals surface area (Å²) in [7, 11) is 0. The molecule has 1 unspecified atom stereocenters. The predicted molar refractivity (Wildman–Crippen MR) is 69.5 cm³/mol. The first-order chi connectivity index (χ1) is 6.56. The Hall–Kier alpha value is -0.530. The van der Waals surface area contributed by atoms with Crippen molar-refractivity contribution >= 4 is 12.4 Å². The summed E-state index contributed by atoms with van der Waals surface area (Å²) in [6, 6.07) is 6.70. The molecule has 1 aromatic rings. The standard InChI is InChI=1S/C13H21N.ClH/c1-5-10(3)13(14)12-8-9(2)6-7-11(12)4;/h6-8,10,13H,5,14H2,1-4H3;1H/t10?,13-;/m1./s1. The Bertz CT molecular complexity index is 309. The molecule has 0 fully saturated rings. The van der Waals surface area contributed by atoms with E-state index in [4.69, 9.17) is 5.73 Å². The summed E-state index contributed by atoms with van der Waals surface area (Å²) in [5, 5.41) is 0. The van der Waals surface area contributed by atoms with Crippen molar-refractivity contribution in [2.75, 3.05) is 0 Å². The van der Waals surface area contributed by atoms with Crippen molar-refractivity contribution in [3.8, 4) is 0 Å². The second-order valence-corrected chi connectivity index (χ2v) is 4.27. The summed E-state index contributed by atoms with van der Waals surface area (Å²) in [5.74, 6) is 0.551. The zero-order valence-electron chi connectivity index (χ0n) is 10.1. The highest BCUT2D eigenvalue weighted by molar-refractivity contribution is 5.85. The minimum absolute atomic E-state index is 0. The van der Waals surface area contributed by atoms with Crippen LogP contribution in [-0.2, 0) is 0 Å². The van der Waals surface area contributed by atoms with Crippen molar-refractivity contribution < 1.29 is 0 Å². The summed E-state index contributed by atoms with van der Waals surface area (Å²) in [5.41, 5.74) is 10.1. The highest BCUT2D eigenvalue weighted by Crippen LogP contribution is 2.25. The normalized spacial score (nSPS) is 14.2. The van der Waals surface area contributed by atoms with E-state index >= 15 is 0 Å². The van der Waals surface area contributed by atoms with Gasteiger partial charge >= 0.3 is 0 Å². The van der Waals surface area contributed by atoms with Gasteiger partial charge in [0.1, 0.15) is 0 Å². The lowest BCUT2D eigenvalue weighted by molar-refractivity contribution is 0.455. The van der Waals surface area contributed by atoms with Gasteiger partial charge in [0.2, 0.25) is 0 Å². The monoisotopic (exact) mass is 227 g/mol. The maximum absolute atomic E-state index is 6.22. The number of halogens is 1. The smallest absolute Gasteiger partial charge is 0.0323 e. The SMILES string of the molecule is CCC(C)[C@@H](N)c1cc(C)ccc1C.Cl. The summed E-state index contributed by atoms with van der Waals surface area (Å²) in [6.45, 7) is 8.66. The summed E-state index contributed by atoms with van der Waals surface area (Å²) < 4.78 is 0. The zero-order chi connectivity index (χ0) is 10.7. The molecule has 1 aromatic carbocycles. The van der Waals surface area contributed by atoms with Crippen molar-refractivity contribution in [2.45, 2.75) is 40.2 Å². The fourth-order valence-corrected chi connectivity index (χ4v) is 1.68. The molecular weight excluding hydrogens is 206 g/mol. The number of hydrogen-bond donors (Lipinski definition) is 1. The maximum Gasteiger partial charge on any atom is 0.0323 e. The van der Waals surface area contributed by atoms with Crippen LogP contribution in [0, 0.1) is 19.8 Å². The zero-order valence-corrected chi connectivity index (χ0v) is 10.9. The largest absolute Gasteiger partial charge is 0.324 e. The van der Waals surface area contributed by atoms with Crippen molar-refractivity contribution in [3.63, 3.8) is 0 Å². The molecule has 0 heterocycles. The predicted octanol–water partition coefficient (Wildman–Crippen LogP) is 3.77. The van der Waals surface area contributed by atoms with E-state index in [-0.39, 0.29) is 18.4 Å². The Morgan fingerprint density at radius 2 is 1.87 bits per heavy atom. The van der Waals surface area contributed by atoms with Crippen molar-refractivity contribution in [1.29, 1.82) is 0 Å². The van der Waals surface area contributed by atoms with Crippen LogP contribution in [0.2, 0.25) is 0 Å². The Kier molecular flexibility index (Phi) is 5.92.